The number of benzene rings is 6. The zero-order chi connectivity index (χ0) is 32.5. The van der Waals surface area contributed by atoms with Crippen molar-refractivity contribution in [1.29, 1.82) is 0 Å². The van der Waals surface area contributed by atoms with Gasteiger partial charge in [0.2, 0.25) is 0 Å². The minimum Gasteiger partial charge on any atom is -0.507 e. The van der Waals surface area contributed by atoms with Gasteiger partial charge in [-0.3, -0.25) is 9.56 Å². The Morgan fingerprint density at radius 1 is 0.660 bits per heavy atom. The Kier molecular flexibility index (Phi) is 7.79. The Morgan fingerprint density at radius 2 is 1.36 bits per heavy atom. The highest BCUT2D eigenvalue weighted by Gasteiger charge is 2.20. The predicted molar refractivity (Wildman–Crippen MR) is 196 cm³/mol. The monoisotopic (exact) mass is 611 g/mol. The molecule has 0 aliphatic heterocycles. The molecular formula is C43H37N3O. The molecule has 0 bridgehead atoms. The molecule has 0 atom stereocenters. The molecule has 0 spiro atoms. The van der Waals surface area contributed by atoms with Gasteiger partial charge in [0.05, 0.1) is 16.7 Å². The molecule has 7 rings (SSSR count). The molecule has 47 heavy (non-hydrogen) atoms. The lowest BCUT2D eigenvalue weighted by molar-refractivity contribution is 0.473. The molecule has 1 aromatic heterocycles. The molecule has 0 unspecified atom stereocenters. The van der Waals surface area contributed by atoms with Gasteiger partial charge in [0.25, 0.3) is 0 Å². The van der Waals surface area contributed by atoms with Crippen LogP contribution in [0, 0.1) is 6.92 Å². The fourth-order valence-corrected chi connectivity index (χ4v) is 6.00. The van der Waals surface area contributed by atoms with Crippen LogP contribution < -0.4 is 0 Å². The average Bonchev–Trinajstić information content (AvgIpc) is 3.48. The summed E-state index contributed by atoms with van der Waals surface area (Å²) in [6.45, 7) is 8.60. The van der Waals surface area contributed by atoms with Crippen LogP contribution in [-0.2, 0) is 5.41 Å². The summed E-state index contributed by atoms with van der Waals surface area (Å²) >= 11 is 0. The molecule has 6 aromatic carbocycles. The molecule has 0 saturated heterocycles. The van der Waals surface area contributed by atoms with Crippen molar-refractivity contribution in [2.24, 2.45) is 4.99 Å². The first-order valence-corrected chi connectivity index (χ1v) is 16.0. The number of hydrogen-bond donors (Lipinski definition) is 1. The van der Waals surface area contributed by atoms with E-state index >= 15 is 0 Å². The first-order chi connectivity index (χ1) is 22.8. The second kappa shape index (κ2) is 12.2. The Balaban J connectivity index is 1.39. The van der Waals surface area contributed by atoms with Crippen LogP contribution in [0.3, 0.4) is 0 Å². The smallest absolute Gasteiger partial charge is 0.147 e. The lowest BCUT2D eigenvalue weighted by Gasteiger charge is -2.19. The lowest BCUT2D eigenvalue weighted by atomic mass is 9.86. The number of hydrogen-bond acceptors (Lipinski definition) is 3. The topological polar surface area (TPSA) is 50.4 Å². The Labute approximate surface area is 276 Å². The van der Waals surface area contributed by atoms with Gasteiger partial charge >= 0.3 is 0 Å². The SMILES string of the molecule is Cc1ccc(-c2cccc(-c3cccc4c3nc(-c3ccccc3N=Cc3cc(C(C)(C)C)ccc3O)n4-c3ccccc3)c2)cc1. The zero-order valence-corrected chi connectivity index (χ0v) is 27.1. The van der Waals surface area contributed by atoms with Gasteiger partial charge in [0, 0.05) is 28.6 Å². The van der Waals surface area contributed by atoms with Crippen LogP contribution >= 0.6 is 0 Å². The number of para-hydroxylation sites is 3. The summed E-state index contributed by atoms with van der Waals surface area (Å²) in [5.74, 6) is 1.00. The van der Waals surface area contributed by atoms with Gasteiger partial charge in [0.1, 0.15) is 11.6 Å². The van der Waals surface area contributed by atoms with Gasteiger partial charge in [-0.25, -0.2) is 4.98 Å². The van der Waals surface area contributed by atoms with E-state index in [0.29, 0.717) is 5.56 Å². The fourth-order valence-electron chi connectivity index (χ4n) is 6.00. The molecule has 4 nitrogen and oxygen atoms in total. The summed E-state index contributed by atoms with van der Waals surface area (Å²) in [5, 5.41) is 10.7. The van der Waals surface area contributed by atoms with Crippen LogP contribution in [0.15, 0.2) is 145 Å². The highest BCUT2D eigenvalue weighted by atomic mass is 16.3. The van der Waals surface area contributed by atoms with Gasteiger partial charge in [-0.1, -0.05) is 117 Å². The van der Waals surface area contributed by atoms with E-state index in [9.17, 15) is 5.11 Å². The molecule has 0 aliphatic rings. The number of nitrogens with zero attached hydrogens (tertiary/aromatic N) is 3. The molecule has 1 heterocycles. The van der Waals surface area contributed by atoms with E-state index < -0.39 is 0 Å². The van der Waals surface area contributed by atoms with E-state index in [1.807, 2.05) is 36.4 Å². The van der Waals surface area contributed by atoms with Crippen molar-refractivity contribution in [2.75, 3.05) is 0 Å². The third-order valence-electron chi connectivity index (χ3n) is 8.64. The quantitative estimate of drug-likeness (QED) is 0.190. The van der Waals surface area contributed by atoms with Gasteiger partial charge < -0.3 is 5.11 Å². The van der Waals surface area contributed by atoms with Crippen molar-refractivity contribution >= 4 is 22.9 Å². The zero-order valence-electron chi connectivity index (χ0n) is 27.1. The molecule has 4 heteroatoms. The summed E-state index contributed by atoms with van der Waals surface area (Å²) in [7, 11) is 0. The Bertz CT molecular complexity index is 2240. The van der Waals surface area contributed by atoms with Gasteiger partial charge in [-0.2, -0.15) is 0 Å². The van der Waals surface area contributed by atoms with Crippen LogP contribution in [0.25, 0.3) is 50.4 Å². The highest BCUT2D eigenvalue weighted by molar-refractivity contribution is 5.97. The van der Waals surface area contributed by atoms with Crippen LogP contribution in [0.1, 0.15) is 37.5 Å². The van der Waals surface area contributed by atoms with Crippen LogP contribution in [-0.4, -0.2) is 20.9 Å². The third-order valence-corrected chi connectivity index (χ3v) is 8.64. The lowest BCUT2D eigenvalue weighted by Crippen LogP contribution is -2.11. The number of fused-ring (bicyclic) bond motifs is 1. The highest BCUT2D eigenvalue weighted by Crippen LogP contribution is 2.38. The predicted octanol–water partition coefficient (Wildman–Crippen LogP) is 11.1. The molecule has 0 amide bonds. The maximum atomic E-state index is 10.7. The summed E-state index contributed by atoms with van der Waals surface area (Å²) in [4.78, 5) is 10.3. The number of imidazole rings is 1. The minimum absolute atomic E-state index is 0.0495. The standard InChI is InChI=1S/C43H37N3O/c1-29-20-22-30(23-21-29)31-12-10-13-32(26-31)36-17-11-19-39-41(36)45-42(46(39)35-14-6-5-7-15-35)37-16-8-9-18-38(37)44-28-33-27-34(43(2,3)4)24-25-40(33)47/h5-28,47H,1-4H3. The number of aromatic hydroxyl groups is 1. The number of phenols is 1. The Morgan fingerprint density at radius 3 is 2.15 bits per heavy atom. The number of aliphatic imine (C=N–C) groups is 1. The first kappa shape index (κ1) is 29.9. The van der Waals surface area contributed by atoms with Gasteiger partial charge in [0.15, 0.2) is 0 Å². The molecule has 0 fully saturated rings. The molecular weight excluding hydrogens is 574 g/mol. The molecule has 230 valence electrons. The largest absolute Gasteiger partial charge is 0.507 e. The van der Waals surface area contributed by atoms with Crippen LogP contribution in [0.5, 0.6) is 5.75 Å². The van der Waals surface area contributed by atoms with Crippen molar-refractivity contribution < 1.29 is 5.11 Å². The maximum Gasteiger partial charge on any atom is 0.147 e. The Hall–Kier alpha value is -5.74. The second-order valence-electron chi connectivity index (χ2n) is 13.0. The molecule has 0 saturated carbocycles. The number of phenolic OH excluding ortho intramolecular Hbond substituents is 1. The number of aromatic nitrogens is 2. The van der Waals surface area contributed by atoms with Crippen molar-refractivity contribution in [3.8, 4) is 45.1 Å². The third kappa shape index (κ3) is 5.98. The van der Waals surface area contributed by atoms with Crippen LogP contribution in [0.2, 0.25) is 0 Å². The van der Waals surface area contributed by atoms with Crippen LogP contribution in [0.4, 0.5) is 5.69 Å². The molecule has 0 radical (unpaired) electrons. The van der Waals surface area contributed by atoms with Gasteiger partial charge in [-0.15, -0.1) is 0 Å². The molecule has 7 aromatic rings. The summed E-state index contributed by atoms with van der Waals surface area (Å²) < 4.78 is 2.22. The second-order valence-corrected chi connectivity index (χ2v) is 13.0. The van der Waals surface area contributed by atoms with E-state index in [0.717, 1.165) is 50.5 Å². The van der Waals surface area contributed by atoms with Crippen molar-refractivity contribution in [1.82, 2.24) is 9.55 Å². The average molecular weight is 612 g/mol. The van der Waals surface area contributed by atoms with Gasteiger partial charge in [-0.05, 0) is 83.1 Å². The maximum absolute atomic E-state index is 10.7. The summed E-state index contributed by atoms with van der Waals surface area (Å²) in [6, 6.07) is 47.9. The van der Waals surface area contributed by atoms with Crippen molar-refractivity contribution in [3.05, 3.63) is 156 Å². The van der Waals surface area contributed by atoms with E-state index in [2.05, 4.69) is 129 Å². The van der Waals surface area contributed by atoms with Crippen molar-refractivity contribution in [3.63, 3.8) is 0 Å². The minimum atomic E-state index is -0.0495. The summed E-state index contributed by atoms with van der Waals surface area (Å²) in [6.07, 6.45) is 1.75. The normalized spacial score (nSPS) is 11.8. The van der Waals surface area contributed by atoms with E-state index in [1.54, 1.807) is 12.3 Å². The fraction of sp³-hybridized carbons (Fsp3) is 0.116. The first-order valence-electron chi connectivity index (χ1n) is 16.0. The molecule has 0 aliphatic carbocycles. The number of rotatable bonds is 6. The molecule has 1 N–H and O–H groups in total. The van der Waals surface area contributed by atoms with E-state index in [1.165, 1.54) is 16.7 Å². The van der Waals surface area contributed by atoms with Crippen molar-refractivity contribution in [2.45, 2.75) is 33.1 Å². The van der Waals surface area contributed by atoms with E-state index in [4.69, 9.17) is 9.98 Å². The number of aryl methyl sites for hydroxylation is 1. The van der Waals surface area contributed by atoms with E-state index in [-0.39, 0.29) is 11.2 Å². The summed E-state index contributed by atoms with van der Waals surface area (Å²) in [5.41, 5.74) is 12.2.